The fourth-order valence-corrected chi connectivity index (χ4v) is 3.51. The maximum atomic E-state index is 12.0. The lowest BCUT2D eigenvalue weighted by Crippen LogP contribution is -2.37. The van der Waals surface area contributed by atoms with Crippen molar-refractivity contribution in [3.8, 4) is 11.6 Å². The van der Waals surface area contributed by atoms with Gasteiger partial charge in [0.2, 0.25) is 11.7 Å². The van der Waals surface area contributed by atoms with Gasteiger partial charge < -0.3 is 19.1 Å². The Balaban J connectivity index is 1.73. The highest BCUT2D eigenvalue weighted by atomic mass is 16.6. The summed E-state index contributed by atoms with van der Waals surface area (Å²) in [6, 6.07) is 10.5. The molecular formula is C22H27N3O6. The van der Waals surface area contributed by atoms with Gasteiger partial charge in [0.1, 0.15) is 5.75 Å². The molecule has 1 aromatic carbocycles. The van der Waals surface area contributed by atoms with Gasteiger partial charge in [-0.2, -0.15) is 4.98 Å². The molecule has 166 valence electrons. The summed E-state index contributed by atoms with van der Waals surface area (Å²) in [5.41, 5.74) is 1.04. The van der Waals surface area contributed by atoms with Gasteiger partial charge in [-0.05, 0) is 43.9 Å². The van der Waals surface area contributed by atoms with Crippen molar-refractivity contribution in [1.82, 2.24) is 4.98 Å². The van der Waals surface area contributed by atoms with Crippen LogP contribution in [0, 0.1) is 16.0 Å². The van der Waals surface area contributed by atoms with E-state index >= 15 is 0 Å². The number of piperidine rings is 1. The smallest absolute Gasteiger partial charge is 0.311 e. The SMILES string of the molecule is CCOC(=O)C1CCN(c2nc(Oc3ccc(CCOC)cc3)ccc2[N+](=O)[O-])CC1. The summed E-state index contributed by atoms with van der Waals surface area (Å²) in [5.74, 6) is 0.718. The average Bonchev–Trinajstić information content (AvgIpc) is 2.78. The highest BCUT2D eigenvalue weighted by Gasteiger charge is 2.30. The van der Waals surface area contributed by atoms with E-state index in [1.807, 2.05) is 29.2 Å². The lowest BCUT2D eigenvalue weighted by atomic mass is 9.97. The zero-order valence-electron chi connectivity index (χ0n) is 17.8. The third-order valence-electron chi connectivity index (χ3n) is 5.18. The van der Waals surface area contributed by atoms with Crippen molar-refractivity contribution < 1.29 is 23.9 Å². The van der Waals surface area contributed by atoms with Crippen LogP contribution in [0.4, 0.5) is 11.5 Å². The van der Waals surface area contributed by atoms with Crippen LogP contribution in [0.5, 0.6) is 11.6 Å². The van der Waals surface area contributed by atoms with E-state index < -0.39 is 4.92 Å². The van der Waals surface area contributed by atoms with Crippen LogP contribution in [0.2, 0.25) is 0 Å². The van der Waals surface area contributed by atoms with Crippen molar-refractivity contribution in [2.45, 2.75) is 26.2 Å². The fraction of sp³-hybridized carbons (Fsp3) is 0.455. The van der Waals surface area contributed by atoms with E-state index in [4.69, 9.17) is 14.2 Å². The molecule has 31 heavy (non-hydrogen) atoms. The Morgan fingerprint density at radius 3 is 2.52 bits per heavy atom. The van der Waals surface area contributed by atoms with Crippen LogP contribution in [-0.4, -0.2) is 49.3 Å². The van der Waals surface area contributed by atoms with Crippen molar-refractivity contribution in [2.75, 3.05) is 38.3 Å². The van der Waals surface area contributed by atoms with E-state index in [1.54, 1.807) is 14.0 Å². The average molecular weight is 429 g/mol. The number of methoxy groups -OCH3 is 1. The highest BCUT2D eigenvalue weighted by molar-refractivity contribution is 5.73. The first-order chi connectivity index (χ1) is 15.0. The number of carbonyl (C=O) groups is 1. The molecule has 0 saturated carbocycles. The van der Waals surface area contributed by atoms with Crippen LogP contribution in [0.25, 0.3) is 0 Å². The van der Waals surface area contributed by atoms with Crippen molar-refractivity contribution in [3.05, 3.63) is 52.1 Å². The van der Waals surface area contributed by atoms with Crippen molar-refractivity contribution in [3.63, 3.8) is 0 Å². The number of nitrogens with zero attached hydrogens (tertiary/aromatic N) is 3. The lowest BCUT2D eigenvalue weighted by Gasteiger charge is -2.31. The van der Waals surface area contributed by atoms with Gasteiger partial charge in [0.25, 0.3) is 0 Å². The Labute approximate surface area is 181 Å². The number of hydrogen-bond acceptors (Lipinski definition) is 8. The molecule has 3 rings (SSSR count). The number of nitro groups is 1. The predicted molar refractivity (Wildman–Crippen MR) is 115 cm³/mol. The van der Waals surface area contributed by atoms with Gasteiger partial charge in [0.05, 0.1) is 24.1 Å². The van der Waals surface area contributed by atoms with Crippen LogP contribution < -0.4 is 9.64 Å². The number of rotatable bonds is 9. The van der Waals surface area contributed by atoms with Crippen molar-refractivity contribution >= 4 is 17.5 Å². The quantitative estimate of drug-likeness (QED) is 0.337. The molecule has 0 radical (unpaired) electrons. The number of anilines is 1. The first-order valence-electron chi connectivity index (χ1n) is 10.3. The van der Waals surface area contributed by atoms with Gasteiger partial charge in [0.15, 0.2) is 0 Å². The number of pyridine rings is 1. The molecule has 0 amide bonds. The summed E-state index contributed by atoms with van der Waals surface area (Å²) >= 11 is 0. The zero-order valence-corrected chi connectivity index (χ0v) is 17.8. The third-order valence-corrected chi connectivity index (χ3v) is 5.18. The second-order valence-electron chi connectivity index (χ2n) is 7.25. The highest BCUT2D eigenvalue weighted by Crippen LogP contribution is 2.33. The van der Waals surface area contributed by atoms with E-state index in [1.165, 1.54) is 12.1 Å². The maximum Gasteiger partial charge on any atom is 0.311 e. The molecule has 0 bridgehead atoms. The normalized spacial score (nSPS) is 14.3. The minimum atomic E-state index is -0.450. The zero-order chi connectivity index (χ0) is 22.2. The number of carbonyl (C=O) groups excluding carboxylic acids is 1. The van der Waals surface area contributed by atoms with Gasteiger partial charge in [-0.1, -0.05) is 12.1 Å². The minimum Gasteiger partial charge on any atom is -0.466 e. The Kier molecular flexibility index (Phi) is 7.77. The molecule has 9 nitrogen and oxygen atoms in total. The molecule has 1 aliphatic heterocycles. The van der Waals surface area contributed by atoms with Gasteiger partial charge in [0, 0.05) is 32.3 Å². The molecular weight excluding hydrogens is 402 g/mol. The summed E-state index contributed by atoms with van der Waals surface area (Å²) in [7, 11) is 1.66. The molecule has 1 aromatic heterocycles. The van der Waals surface area contributed by atoms with Crippen molar-refractivity contribution in [2.24, 2.45) is 5.92 Å². The van der Waals surface area contributed by atoms with Crippen LogP contribution in [0.3, 0.4) is 0 Å². The fourth-order valence-electron chi connectivity index (χ4n) is 3.51. The van der Waals surface area contributed by atoms with E-state index in [-0.39, 0.29) is 29.3 Å². The number of ether oxygens (including phenoxy) is 3. The maximum absolute atomic E-state index is 12.0. The van der Waals surface area contributed by atoms with E-state index in [9.17, 15) is 14.9 Å². The molecule has 1 aliphatic rings. The molecule has 2 heterocycles. The van der Waals surface area contributed by atoms with Crippen LogP contribution >= 0.6 is 0 Å². The van der Waals surface area contributed by atoms with E-state index in [2.05, 4.69) is 4.98 Å². The topological polar surface area (TPSA) is 104 Å². The van der Waals surface area contributed by atoms with E-state index in [0.29, 0.717) is 44.9 Å². The summed E-state index contributed by atoms with van der Waals surface area (Å²) in [6.45, 7) is 3.72. The number of hydrogen-bond donors (Lipinski definition) is 0. The van der Waals surface area contributed by atoms with Gasteiger partial charge in [-0.3, -0.25) is 14.9 Å². The van der Waals surface area contributed by atoms with Crippen LogP contribution in [0.1, 0.15) is 25.3 Å². The summed E-state index contributed by atoms with van der Waals surface area (Å²) in [6.07, 6.45) is 1.93. The number of benzene rings is 1. The summed E-state index contributed by atoms with van der Waals surface area (Å²) in [5, 5.41) is 11.5. The molecule has 0 atom stereocenters. The Morgan fingerprint density at radius 2 is 1.90 bits per heavy atom. The Hall–Kier alpha value is -3.20. The first kappa shape index (κ1) is 22.5. The third kappa shape index (κ3) is 5.91. The second-order valence-corrected chi connectivity index (χ2v) is 7.25. The largest absolute Gasteiger partial charge is 0.466 e. The molecule has 0 N–H and O–H groups in total. The molecule has 1 saturated heterocycles. The second kappa shape index (κ2) is 10.7. The van der Waals surface area contributed by atoms with Gasteiger partial charge in [-0.15, -0.1) is 0 Å². The standard InChI is InChI=1S/C22H27N3O6/c1-3-30-22(26)17-10-13-24(14-11-17)21-19(25(27)28)8-9-20(23-21)31-18-6-4-16(5-7-18)12-15-29-2/h4-9,17H,3,10-15H2,1-2H3. The molecule has 2 aromatic rings. The molecule has 0 spiro atoms. The summed E-state index contributed by atoms with van der Waals surface area (Å²) in [4.78, 5) is 29.3. The van der Waals surface area contributed by atoms with Gasteiger partial charge >= 0.3 is 11.7 Å². The van der Waals surface area contributed by atoms with E-state index in [0.717, 1.165) is 12.0 Å². The first-order valence-corrected chi connectivity index (χ1v) is 10.3. The number of esters is 1. The molecule has 0 unspecified atom stereocenters. The predicted octanol–water partition coefficient (Wildman–Crippen LogP) is 3.75. The monoisotopic (exact) mass is 429 g/mol. The molecule has 1 fully saturated rings. The summed E-state index contributed by atoms with van der Waals surface area (Å²) < 4.78 is 16.0. The molecule has 9 heteroatoms. The Morgan fingerprint density at radius 1 is 1.19 bits per heavy atom. The molecule has 0 aliphatic carbocycles. The number of aromatic nitrogens is 1. The Bertz CT molecular complexity index is 895. The van der Waals surface area contributed by atoms with Crippen LogP contribution in [-0.2, 0) is 20.7 Å². The lowest BCUT2D eigenvalue weighted by molar-refractivity contribution is -0.384. The minimum absolute atomic E-state index is 0.0863. The van der Waals surface area contributed by atoms with Gasteiger partial charge in [-0.25, -0.2) is 0 Å². The van der Waals surface area contributed by atoms with Crippen LogP contribution in [0.15, 0.2) is 36.4 Å². The van der Waals surface area contributed by atoms with Crippen molar-refractivity contribution in [1.29, 1.82) is 0 Å².